The van der Waals surface area contributed by atoms with Crippen LogP contribution in [-0.2, 0) is 6.54 Å². The van der Waals surface area contributed by atoms with E-state index in [1.54, 1.807) is 0 Å². The molecule has 2 atom stereocenters. The molecule has 1 aliphatic heterocycles. The first-order chi connectivity index (χ1) is 9.20. The Bertz CT molecular complexity index is 382. The van der Waals surface area contributed by atoms with Gasteiger partial charge in [-0.25, -0.2) is 9.97 Å². The Hall–Kier alpha value is -1.20. The fourth-order valence-electron chi connectivity index (χ4n) is 2.24. The Labute approximate surface area is 115 Å². The molecular formula is C14H24N4O. The first-order valence-corrected chi connectivity index (χ1v) is 7.15. The summed E-state index contributed by atoms with van der Waals surface area (Å²) in [6, 6.07) is 0. The van der Waals surface area contributed by atoms with Crippen molar-refractivity contribution >= 4 is 5.95 Å². The molecular weight excluding hydrogens is 240 g/mol. The van der Waals surface area contributed by atoms with Crippen molar-refractivity contribution in [2.75, 3.05) is 24.5 Å². The first-order valence-electron chi connectivity index (χ1n) is 7.15. The monoisotopic (exact) mass is 264 g/mol. The molecule has 0 aromatic carbocycles. The molecule has 19 heavy (non-hydrogen) atoms. The summed E-state index contributed by atoms with van der Waals surface area (Å²) in [7, 11) is 0. The van der Waals surface area contributed by atoms with Gasteiger partial charge in [0.15, 0.2) is 0 Å². The summed E-state index contributed by atoms with van der Waals surface area (Å²) in [6.45, 7) is 7.62. The summed E-state index contributed by atoms with van der Waals surface area (Å²) in [5.74, 6) is 1.10. The maximum absolute atomic E-state index is 9.90. The van der Waals surface area contributed by atoms with E-state index in [9.17, 15) is 5.11 Å². The highest BCUT2D eigenvalue weighted by Gasteiger charge is 2.25. The van der Waals surface area contributed by atoms with E-state index in [1.807, 2.05) is 12.4 Å². The zero-order chi connectivity index (χ0) is 13.7. The Morgan fingerprint density at radius 2 is 2.16 bits per heavy atom. The number of anilines is 1. The van der Waals surface area contributed by atoms with Crippen LogP contribution in [0.2, 0.25) is 0 Å². The van der Waals surface area contributed by atoms with Gasteiger partial charge in [0.05, 0.1) is 6.10 Å². The summed E-state index contributed by atoms with van der Waals surface area (Å²) in [6.07, 6.45) is 5.58. The van der Waals surface area contributed by atoms with E-state index >= 15 is 0 Å². The number of aliphatic hydroxyl groups is 1. The molecule has 5 heteroatoms. The van der Waals surface area contributed by atoms with Gasteiger partial charge >= 0.3 is 0 Å². The first kappa shape index (κ1) is 14.2. The summed E-state index contributed by atoms with van der Waals surface area (Å²) in [5.41, 5.74) is 1.10. The molecule has 1 fully saturated rings. The van der Waals surface area contributed by atoms with Crippen LogP contribution in [0.1, 0.15) is 32.3 Å². The SMILES string of the molecule is CCCNCc1cnc(N2CCC(C)C(O)C2)nc1. The van der Waals surface area contributed by atoms with Gasteiger partial charge in [0, 0.05) is 37.6 Å². The lowest BCUT2D eigenvalue weighted by atomic mass is 9.96. The fraction of sp³-hybridized carbons (Fsp3) is 0.714. The molecule has 2 rings (SSSR count). The second-order valence-electron chi connectivity index (χ2n) is 5.35. The van der Waals surface area contributed by atoms with Crippen LogP contribution in [-0.4, -0.2) is 40.8 Å². The minimum atomic E-state index is -0.275. The molecule has 0 spiro atoms. The zero-order valence-corrected chi connectivity index (χ0v) is 11.8. The highest BCUT2D eigenvalue weighted by atomic mass is 16.3. The smallest absolute Gasteiger partial charge is 0.225 e. The maximum atomic E-state index is 9.90. The van der Waals surface area contributed by atoms with Gasteiger partial charge in [-0.3, -0.25) is 0 Å². The number of aliphatic hydroxyl groups excluding tert-OH is 1. The standard InChI is InChI=1S/C14H24N4O/c1-3-5-15-7-12-8-16-14(17-9-12)18-6-4-11(2)13(19)10-18/h8-9,11,13,15,19H,3-7,10H2,1-2H3. The Kier molecular flexibility index (Phi) is 5.10. The highest BCUT2D eigenvalue weighted by molar-refractivity contribution is 5.31. The van der Waals surface area contributed by atoms with Gasteiger partial charge < -0.3 is 15.3 Å². The number of nitrogens with zero attached hydrogens (tertiary/aromatic N) is 3. The average molecular weight is 264 g/mol. The van der Waals surface area contributed by atoms with Crippen molar-refractivity contribution in [2.45, 2.75) is 39.3 Å². The van der Waals surface area contributed by atoms with Crippen molar-refractivity contribution in [3.8, 4) is 0 Å². The van der Waals surface area contributed by atoms with Crippen LogP contribution in [0.15, 0.2) is 12.4 Å². The number of piperidine rings is 1. The Morgan fingerprint density at radius 1 is 1.42 bits per heavy atom. The molecule has 106 valence electrons. The van der Waals surface area contributed by atoms with Crippen molar-refractivity contribution in [1.29, 1.82) is 0 Å². The van der Waals surface area contributed by atoms with Crippen molar-refractivity contribution in [2.24, 2.45) is 5.92 Å². The summed E-state index contributed by atoms with van der Waals surface area (Å²) < 4.78 is 0. The molecule has 2 heterocycles. The maximum Gasteiger partial charge on any atom is 0.225 e. The summed E-state index contributed by atoms with van der Waals surface area (Å²) in [4.78, 5) is 10.9. The molecule has 5 nitrogen and oxygen atoms in total. The van der Waals surface area contributed by atoms with Crippen LogP contribution in [0.5, 0.6) is 0 Å². The number of hydrogen-bond donors (Lipinski definition) is 2. The molecule has 1 aliphatic rings. The molecule has 0 saturated carbocycles. The molecule has 1 aromatic rings. The second kappa shape index (κ2) is 6.82. The van der Waals surface area contributed by atoms with Gasteiger partial charge in [-0.2, -0.15) is 0 Å². The van der Waals surface area contributed by atoms with Gasteiger partial charge in [-0.15, -0.1) is 0 Å². The van der Waals surface area contributed by atoms with E-state index in [0.717, 1.165) is 44.0 Å². The van der Waals surface area contributed by atoms with E-state index in [1.165, 1.54) is 0 Å². The quantitative estimate of drug-likeness (QED) is 0.782. The minimum Gasteiger partial charge on any atom is -0.391 e. The largest absolute Gasteiger partial charge is 0.391 e. The Morgan fingerprint density at radius 3 is 2.79 bits per heavy atom. The predicted molar refractivity (Wildman–Crippen MR) is 76.0 cm³/mol. The van der Waals surface area contributed by atoms with Crippen LogP contribution in [0.4, 0.5) is 5.95 Å². The number of hydrogen-bond acceptors (Lipinski definition) is 5. The molecule has 2 unspecified atom stereocenters. The number of aromatic nitrogens is 2. The van der Waals surface area contributed by atoms with Crippen molar-refractivity contribution < 1.29 is 5.11 Å². The van der Waals surface area contributed by atoms with Crippen LogP contribution >= 0.6 is 0 Å². The lowest BCUT2D eigenvalue weighted by Gasteiger charge is -2.34. The lowest BCUT2D eigenvalue weighted by molar-refractivity contribution is 0.102. The fourth-order valence-corrected chi connectivity index (χ4v) is 2.24. The zero-order valence-electron chi connectivity index (χ0n) is 11.8. The summed E-state index contributed by atoms with van der Waals surface area (Å²) >= 11 is 0. The molecule has 1 saturated heterocycles. The van der Waals surface area contributed by atoms with E-state index in [4.69, 9.17) is 0 Å². The average Bonchev–Trinajstić information content (AvgIpc) is 2.43. The van der Waals surface area contributed by atoms with Gasteiger partial charge in [0.25, 0.3) is 0 Å². The second-order valence-corrected chi connectivity index (χ2v) is 5.35. The van der Waals surface area contributed by atoms with Crippen molar-refractivity contribution in [1.82, 2.24) is 15.3 Å². The normalized spacial score (nSPS) is 23.6. The minimum absolute atomic E-state index is 0.275. The van der Waals surface area contributed by atoms with E-state index < -0.39 is 0 Å². The molecule has 2 N–H and O–H groups in total. The Balaban J connectivity index is 1.91. The molecule has 0 amide bonds. The number of β-amino-alcohol motifs (C(OH)–C–C–N with tert-alkyl or cyclic N) is 1. The third-order valence-corrected chi connectivity index (χ3v) is 3.65. The molecule has 0 radical (unpaired) electrons. The summed E-state index contributed by atoms with van der Waals surface area (Å²) in [5, 5.41) is 13.2. The van der Waals surface area contributed by atoms with E-state index in [-0.39, 0.29) is 6.10 Å². The van der Waals surface area contributed by atoms with Crippen molar-refractivity contribution in [3.05, 3.63) is 18.0 Å². The van der Waals surface area contributed by atoms with E-state index in [2.05, 4.69) is 34.0 Å². The molecule has 0 bridgehead atoms. The third-order valence-electron chi connectivity index (χ3n) is 3.65. The number of rotatable bonds is 5. The van der Waals surface area contributed by atoms with Crippen LogP contribution in [0.25, 0.3) is 0 Å². The topological polar surface area (TPSA) is 61.3 Å². The lowest BCUT2D eigenvalue weighted by Crippen LogP contribution is -2.43. The van der Waals surface area contributed by atoms with Crippen LogP contribution < -0.4 is 10.2 Å². The van der Waals surface area contributed by atoms with Crippen LogP contribution in [0.3, 0.4) is 0 Å². The van der Waals surface area contributed by atoms with E-state index in [0.29, 0.717) is 12.5 Å². The third kappa shape index (κ3) is 3.88. The van der Waals surface area contributed by atoms with Crippen molar-refractivity contribution in [3.63, 3.8) is 0 Å². The van der Waals surface area contributed by atoms with Gasteiger partial charge in [-0.05, 0) is 25.3 Å². The predicted octanol–water partition coefficient (Wildman–Crippen LogP) is 1.18. The van der Waals surface area contributed by atoms with Gasteiger partial charge in [-0.1, -0.05) is 13.8 Å². The highest BCUT2D eigenvalue weighted by Crippen LogP contribution is 2.20. The van der Waals surface area contributed by atoms with Gasteiger partial charge in [0.2, 0.25) is 5.95 Å². The van der Waals surface area contributed by atoms with Gasteiger partial charge in [0.1, 0.15) is 0 Å². The van der Waals surface area contributed by atoms with Crippen LogP contribution in [0, 0.1) is 5.92 Å². The number of nitrogens with one attached hydrogen (secondary N) is 1. The molecule has 1 aromatic heterocycles. The molecule has 0 aliphatic carbocycles.